The van der Waals surface area contributed by atoms with Crippen molar-refractivity contribution in [1.29, 1.82) is 0 Å². The van der Waals surface area contributed by atoms with Gasteiger partial charge in [0.25, 0.3) is 0 Å². The number of likely N-dealkylation sites (N-methyl/N-ethyl adjacent to an activating group) is 1. The van der Waals surface area contributed by atoms with Crippen molar-refractivity contribution in [3.05, 3.63) is 29.3 Å². The number of benzene rings is 1. The summed E-state index contributed by atoms with van der Waals surface area (Å²) in [7, 11) is 0. The van der Waals surface area contributed by atoms with E-state index in [1.54, 1.807) is 0 Å². The van der Waals surface area contributed by atoms with Gasteiger partial charge in [0.05, 0.1) is 75.8 Å². The molecular weight excluding hydrogens is 470 g/mol. The lowest BCUT2D eigenvalue weighted by atomic mass is 10.1. The van der Waals surface area contributed by atoms with Gasteiger partial charge in [0.2, 0.25) is 0 Å². The molecule has 0 atom stereocenters. The van der Waals surface area contributed by atoms with Crippen LogP contribution < -0.4 is 16.4 Å². The number of anilines is 3. The summed E-state index contributed by atoms with van der Waals surface area (Å²) in [5.74, 6) is 0. The van der Waals surface area contributed by atoms with Crippen LogP contribution >= 0.6 is 11.3 Å². The maximum atomic E-state index is 8.60. The van der Waals surface area contributed by atoms with Crippen LogP contribution in [0.25, 0.3) is 0 Å². The molecule has 11 heteroatoms. The number of nitrogen functional groups attached to an aromatic ring is 2. The molecule has 0 aliphatic rings. The first-order valence-electron chi connectivity index (χ1n) is 11.8. The summed E-state index contributed by atoms with van der Waals surface area (Å²) >= 11 is 1.34. The van der Waals surface area contributed by atoms with E-state index in [-0.39, 0.29) is 6.61 Å². The van der Waals surface area contributed by atoms with Crippen LogP contribution in [0.5, 0.6) is 0 Å². The zero-order valence-corrected chi connectivity index (χ0v) is 21.8. The highest BCUT2D eigenvalue weighted by atomic mass is 32.1. The average molecular weight is 510 g/mol. The lowest BCUT2D eigenvalue weighted by Crippen LogP contribution is -2.27. The zero-order valence-electron chi connectivity index (χ0n) is 21.0. The van der Waals surface area contributed by atoms with Crippen molar-refractivity contribution in [2.75, 3.05) is 88.9 Å². The molecule has 0 amide bonds. The van der Waals surface area contributed by atoms with Crippen LogP contribution in [-0.2, 0) is 18.9 Å². The number of aliphatic hydroxyl groups is 1. The molecule has 0 aliphatic heterocycles. The third-order valence-corrected chi connectivity index (χ3v) is 6.26. The molecule has 0 aliphatic carbocycles. The van der Waals surface area contributed by atoms with Gasteiger partial charge in [-0.1, -0.05) is 11.3 Å². The predicted molar refractivity (Wildman–Crippen MR) is 141 cm³/mol. The van der Waals surface area contributed by atoms with Crippen LogP contribution in [0.3, 0.4) is 0 Å². The molecule has 0 saturated carbocycles. The van der Waals surface area contributed by atoms with Gasteiger partial charge in [-0.15, -0.1) is 10.2 Å². The molecule has 0 radical (unpaired) electrons. The van der Waals surface area contributed by atoms with Crippen LogP contribution in [0.15, 0.2) is 28.4 Å². The molecule has 5 N–H and O–H groups in total. The number of hydrogen-bond donors (Lipinski definition) is 3. The number of nitrogens with two attached hydrogens (primary N) is 2. The standard InChI is InChI=1S/C24H39N5O5S/c1-4-29(7-9-31-11-13-33-15-16-34-14-12-32-10-8-30)20-5-6-21(18(2)17-20)27-28-24-22(25)19(3)23(26)35-24/h5-6,17,30H,4,7-16,25-26H2,1-3H3/b28-27+. The number of azo groups is 1. The Labute approximate surface area is 211 Å². The van der Waals surface area contributed by atoms with E-state index in [4.69, 9.17) is 35.5 Å². The Bertz CT molecular complexity index is 909. The van der Waals surface area contributed by atoms with Crippen molar-refractivity contribution >= 4 is 38.4 Å². The number of ether oxygens (including phenoxy) is 4. The third kappa shape index (κ3) is 10.1. The van der Waals surface area contributed by atoms with Crippen molar-refractivity contribution in [1.82, 2.24) is 0 Å². The van der Waals surface area contributed by atoms with Crippen LogP contribution in [0.4, 0.5) is 27.1 Å². The van der Waals surface area contributed by atoms with Crippen LogP contribution in [0, 0.1) is 13.8 Å². The van der Waals surface area contributed by atoms with Gasteiger partial charge in [0, 0.05) is 24.3 Å². The highest BCUT2D eigenvalue weighted by molar-refractivity contribution is 7.20. The third-order valence-electron chi connectivity index (χ3n) is 5.24. The molecule has 1 heterocycles. The second-order valence-corrected chi connectivity index (χ2v) is 8.76. The van der Waals surface area contributed by atoms with E-state index in [1.807, 2.05) is 26.0 Å². The lowest BCUT2D eigenvalue weighted by Gasteiger charge is -2.23. The summed E-state index contributed by atoms with van der Waals surface area (Å²) in [4.78, 5) is 2.25. The fourth-order valence-corrected chi connectivity index (χ4v) is 3.94. The Kier molecular flexibility index (Phi) is 13.6. The Morgan fingerprint density at radius 1 is 0.886 bits per heavy atom. The molecule has 196 valence electrons. The molecule has 0 unspecified atom stereocenters. The number of hydrogen-bond acceptors (Lipinski definition) is 11. The molecule has 10 nitrogen and oxygen atoms in total. The Balaban J connectivity index is 1.68. The zero-order chi connectivity index (χ0) is 25.5. The predicted octanol–water partition coefficient (Wildman–Crippen LogP) is 3.83. The first-order chi connectivity index (χ1) is 17.0. The summed E-state index contributed by atoms with van der Waals surface area (Å²) in [6.07, 6.45) is 0. The molecule has 35 heavy (non-hydrogen) atoms. The maximum absolute atomic E-state index is 8.60. The molecule has 2 aromatic rings. The summed E-state index contributed by atoms with van der Waals surface area (Å²) < 4.78 is 21.7. The average Bonchev–Trinajstić information content (AvgIpc) is 3.10. The SMILES string of the molecule is CCN(CCOCCOCCOCCOCCO)c1ccc(/N=N/c2sc(N)c(C)c2N)c(C)c1. The number of thiophene rings is 1. The first kappa shape index (κ1) is 29.0. The largest absolute Gasteiger partial charge is 0.396 e. The summed E-state index contributed by atoms with van der Waals surface area (Å²) in [6.45, 7) is 11.7. The van der Waals surface area contributed by atoms with Crippen molar-refractivity contribution in [2.45, 2.75) is 20.8 Å². The Morgan fingerprint density at radius 3 is 2.00 bits per heavy atom. The summed E-state index contributed by atoms with van der Waals surface area (Å²) in [6, 6.07) is 6.11. The van der Waals surface area contributed by atoms with Crippen molar-refractivity contribution in [3.63, 3.8) is 0 Å². The van der Waals surface area contributed by atoms with E-state index in [1.165, 1.54) is 11.3 Å². The highest BCUT2D eigenvalue weighted by Gasteiger charge is 2.10. The van der Waals surface area contributed by atoms with E-state index in [2.05, 4.69) is 28.1 Å². The molecule has 2 rings (SSSR count). The second-order valence-electron chi connectivity index (χ2n) is 7.73. The van der Waals surface area contributed by atoms with E-state index in [0.29, 0.717) is 68.5 Å². The van der Waals surface area contributed by atoms with Crippen LogP contribution in [0.2, 0.25) is 0 Å². The van der Waals surface area contributed by atoms with Gasteiger partial charge in [-0.25, -0.2) is 0 Å². The Morgan fingerprint density at radius 2 is 1.49 bits per heavy atom. The van der Waals surface area contributed by atoms with Gasteiger partial charge in [0.1, 0.15) is 0 Å². The van der Waals surface area contributed by atoms with Crippen molar-refractivity contribution < 1.29 is 24.1 Å². The first-order valence-corrected chi connectivity index (χ1v) is 12.6. The summed E-state index contributed by atoms with van der Waals surface area (Å²) in [5.41, 5.74) is 16.3. The van der Waals surface area contributed by atoms with Gasteiger partial charge < -0.3 is 40.4 Å². The van der Waals surface area contributed by atoms with Crippen molar-refractivity contribution in [2.24, 2.45) is 10.2 Å². The minimum absolute atomic E-state index is 0.0285. The monoisotopic (exact) mass is 509 g/mol. The smallest absolute Gasteiger partial charge is 0.164 e. The fourth-order valence-electron chi connectivity index (χ4n) is 3.12. The lowest BCUT2D eigenvalue weighted by molar-refractivity contribution is -0.00488. The van der Waals surface area contributed by atoms with E-state index < -0.39 is 0 Å². The number of nitrogens with zero attached hydrogens (tertiary/aromatic N) is 3. The van der Waals surface area contributed by atoms with Gasteiger partial charge in [-0.05, 0) is 44.5 Å². The van der Waals surface area contributed by atoms with Gasteiger partial charge in [-0.2, -0.15) is 0 Å². The number of aliphatic hydroxyl groups excluding tert-OH is 1. The van der Waals surface area contributed by atoms with Crippen LogP contribution in [-0.4, -0.2) is 77.7 Å². The van der Waals surface area contributed by atoms with E-state index in [0.717, 1.165) is 35.6 Å². The molecule has 0 bridgehead atoms. The number of aryl methyl sites for hydroxylation is 1. The topological polar surface area (TPSA) is 137 Å². The minimum atomic E-state index is 0.0285. The maximum Gasteiger partial charge on any atom is 0.164 e. The summed E-state index contributed by atoms with van der Waals surface area (Å²) in [5, 5.41) is 18.6. The van der Waals surface area contributed by atoms with E-state index >= 15 is 0 Å². The van der Waals surface area contributed by atoms with Crippen LogP contribution in [0.1, 0.15) is 18.1 Å². The minimum Gasteiger partial charge on any atom is -0.396 e. The molecule has 1 aromatic heterocycles. The molecule has 1 aromatic carbocycles. The normalized spacial score (nSPS) is 11.5. The van der Waals surface area contributed by atoms with Gasteiger partial charge in [-0.3, -0.25) is 0 Å². The molecule has 0 spiro atoms. The second kappa shape index (κ2) is 16.4. The Hall–Kier alpha value is -2.28. The van der Waals surface area contributed by atoms with Gasteiger partial charge in [0.15, 0.2) is 5.00 Å². The van der Waals surface area contributed by atoms with Gasteiger partial charge >= 0.3 is 0 Å². The highest BCUT2D eigenvalue weighted by Crippen LogP contribution is 2.40. The molecular formula is C24H39N5O5S. The fraction of sp³-hybridized carbons (Fsp3) is 0.583. The quantitative estimate of drug-likeness (QED) is 0.204. The molecule has 0 fully saturated rings. The van der Waals surface area contributed by atoms with Crippen molar-refractivity contribution in [3.8, 4) is 0 Å². The van der Waals surface area contributed by atoms with E-state index in [9.17, 15) is 0 Å². The number of rotatable bonds is 18. The molecule has 0 saturated heterocycles.